The number of hydrogen-bond acceptors (Lipinski definition) is 5. The van der Waals surface area contributed by atoms with Gasteiger partial charge < -0.3 is 25.1 Å². The van der Waals surface area contributed by atoms with E-state index in [1.807, 2.05) is 39.8 Å². The Hall–Kier alpha value is -2.65. The van der Waals surface area contributed by atoms with Gasteiger partial charge in [0.25, 0.3) is 0 Å². The van der Waals surface area contributed by atoms with Crippen molar-refractivity contribution in [3.8, 4) is 0 Å². The number of carbonyl (C=O) groups is 4. The van der Waals surface area contributed by atoms with Crippen LogP contribution >= 0.6 is 11.6 Å². The summed E-state index contributed by atoms with van der Waals surface area (Å²) < 4.78 is 0. The van der Waals surface area contributed by atoms with Crippen molar-refractivity contribution in [3.63, 3.8) is 0 Å². The zero-order valence-electron chi connectivity index (χ0n) is 22.6. The number of halogens is 1. The quantitative estimate of drug-likeness (QED) is 0.600. The third kappa shape index (κ3) is 5.93. The fraction of sp³-hybridized carbons (Fsp3) is 0.630. The third-order valence-corrected chi connectivity index (χ3v) is 8.10. The Morgan fingerprint density at radius 1 is 1.00 bits per heavy atom. The van der Waals surface area contributed by atoms with Crippen LogP contribution in [0.4, 0.5) is 0 Å². The molecule has 1 aromatic carbocycles. The predicted octanol–water partition coefficient (Wildman–Crippen LogP) is 2.01. The molecule has 0 aromatic heterocycles. The fourth-order valence-electron chi connectivity index (χ4n) is 5.40. The van der Waals surface area contributed by atoms with E-state index in [4.69, 9.17) is 11.6 Å². The van der Waals surface area contributed by atoms with Crippen molar-refractivity contribution in [1.82, 2.24) is 20.0 Å². The maximum atomic E-state index is 13.7. The van der Waals surface area contributed by atoms with Crippen LogP contribution in [0.15, 0.2) is 24.3 Å². The molecule has 2 fully saturated rings. The number of piperazine rings is 1. The second-order valence-corrected chi connectivity index (χ2v) is 11.6. The second kappa shape index (κ2) is 11.0. The lowest BCUT2D eigenvalue weighted by Gasteiger charge is -2.51. The number of aliphatic hydroxyl groups is 1. The van der Waals surface area contributed by atoms with E-state index in [2.05, 4.69) is 5.32 Å². The van der Waals surface area contributed by atoms with Crippen LogP contribution in [0.3, 0.4) is 0 Å². The fourth-order valence-corrected chi connectivity index (χ4v) is 5.53. The van der Waals surface area contributed by atoms with Crippen molar-refractivity contribution >= 4 is 35.2 Å². The first kappa shape index (κ1) is 28.9. The number of benzene rings is 1. The number of carbonyl (C=O) groups excluding carboxylic acids is 4. The molecule has 9 nitrogen and oxygen atoms in total. The molecule has 2 saturated heterocycles. The molecule has 0 spiro atoms. The molecule has 0 radical (unpaired) electrons. The molecule has 4 amide bonds. The summed E-state index contributed by atoms with van der Waals surface area (Å²) in [5.74, 6) is -1.32. The van der Waals surface area contributed by atoms with Crippen molar-refractivity contribution in [2.24, 2.45) is 11.3 Å². The molecule has 1 aromatic rings. The van der Waals surface area contributed by atoms with Crippen LogP contribution < -0.4 is 5.32 Å². The van der Waals surface area contributed by atoms with Crippen LogP contribution in [0, 0.1) is 11.3 Å². The Balaban J connectivity index is 1.77. The predicted molar refractivity (Wildman–Crippen MR) is 141 cm³/mol. The molecule has 0 aliphatic carbocycles. The standard InChI is InChI=1S/C27H39ClN4O5/c1-17(2)23(29-24(35)22-15-30(18(3)33)13-14-32(22)19(4)34)25(36)31-12-11-27(37,26(5,6)16-31)20-7-9-21(28)10-8-20/h7-10,17,22-23,37H,11-16H2,1-6H3,(H,29,35)/t22?,23-,27+/m1/s1. The molecule has 3 rings (SSSR count). The molecular weight excluding hydrogens is 496 g/mol. The van der Waals surface area contributed by atoms with Crippen molar-refractivity contribution in [2.75, 3.05) is 32.7 Å². The van der Waals surface area contributed by atoms with E-state index in [0.29, 0.717) is 31.1 Å². The Morgan fingerprint density at radius 2 is 1.62 bits per heavy atom. The van der Waals surface area contributed by atoms with Crippen LogP contribution in [0.5, 0.6) is 0 Å². The molecule has 204 valence electrons. The number of rotatable bonds is 5. The van der Waals surface area contributed by atoms with E-state index in [1.165, 1.54) is 18.7 Å². The number of nitrogens with one attached hydrogen (secondary N) is 1. The van der Waals surface area contributed by atoms with Gasteiger partial charge in [-0.05, 0) is 30.0 Å². The van der Waals surface area contributed by atoms with Gasteiger partial charge in [-0.25, -0.2) is 0 Å². The topological polar surface area (TPSA) is 110 Å². The Bertz CT molecular complexity index is 1040. The van der Waals surface area contributed by atoms with Gasteiger partial charge in [0.2, 0.25) is 23.6 Å². The summed E-state index contributed by atoms with van der Waals surface area (Å²) in [7, 11) is 0. The van der Waals surface area contributed by atoms with Crippen molar-refractivity contribution < 1.29 is 24.3 Å². The van der Waals surface area contributed by atoms with E-state index in [1.54, 1.807) is 21.9 Å². The minimum atomic E-state index is -1.15. The zero-order valence-corrected chi connectivity index (χ0v) is 23.3. The van der Waals surface area contributed by atoms with Crippen LogP contribution in [0.1, 0.15) is 53.5 Å². The van der Waals surface area contributed by atoms with Gasteiger partial charge in [0.15, 0.2) is 0 Å². The minimum absolute atomic E-state index is 0.0879. The Kier molecular flexibility index (Phi) is 8.59. The number of likely N-dealkylation sites (tertiary alicyclic amines) is 1. The van der Waals surface area contributed by atoms with Gasteiger partial charge in [0, 0.05) is 50.5 Å². The Morgan fingerprint density at radius 3 is 2.14 bits per heavy atom. The van der Waals surface area contributed by atoms with E-state index in [9.17, 15) is 24.3 Å². The molecule has 2 aliphatic heterocycles. The third-order valence-electron chi connectivity index (χ3n) is 7.85. The molecule has 1 unspecified atom stereocenters. The van der Waals surface area contributed by atoms with Crippen LogP contribution in [-0.4, -0.2) is 88.2 Å². The van der Waals surface area contributed by atoms with Crippen molar-refractivity contribution in [1.29, 1.82) is 0 Å². The summed E-state index contributed by atoms with van der Waals surface area (Å²) in [6.07, 6.45) is 0.334. The highest BCUT2D eigenvalue weighted by Crippen LogP contribution is 2.46. The maximum absolute atomic E-state index is 13.7. The van der Waals surface area contributed by atoms with Gasteiger partial charge >= 0.3 is 0 Å². The normalized spacial score (nSPS) is 24.6. The second-order valence-electron chi connectivity index (χ2n) is 11.2. The van der Waals surface area contributed by atoms with Gasteiger partial charge in [-0.15, -0.1) is 0 Å². The number of amides is 4. The van der Waals surface area contributed by atoms with Gasteiger partial charge in [0.05, 0.1) is 12.1 Å². The number of nitrogens with zero attached hydrogens (tertiary/aromatic N) is 3. The average molecular weight is 535 g/mol. The zero-order chi connectivity index (χ0) is 27.7. The summed E-state index contributed by atoms with van der Waals surface area (Å²) in [4.78, 5) is 55.9. The largest absolute Gasteiger partial charge is 0.384 e. The first-order chi connectivity index (χ1) is 17.2. The molecule has 10 heteroatoms. The molecule has 2 heterocycles. The smallest absolute Gasteiger partial charge is 0.245 e. The number of piperidine rings is 1. The van der Waals surface area contributed by atoms with Crippen molar-refractivity contribution in [3.05, 3.63) is 34.9 Å². The molecule has 0 bridgehead atoms. The monoisotopic (exact) mass is 534 g/mol. The maximum Gasteiger partial charge on any atom is 0.245 e. The van der Waals surface area contributed by atoms with Gasteiger partial charge in [0.1, 0.15) is 12.1 Å². The average Bonchev–Trinajstić information content (AvgIpc) is 2.83. The van der Waals surface area contributed by atoms with Gasteiger partial charge in [-0.3, -0.25) is 19.2 Å². The SMILES string of the molecule is CC(=O)N1CCN(C(C)=O)C(C(=O)N[C@@H](C(=O)N2CC[C@](O)(c3ccc(Cl)cc3)C(C)(C)C2)C(C)C)C1. The molecule has 2 N–H and O–H groups in total. The number of hydrogen-bond donors (Lipinski definition) is 2. The van der Waals surface area contributed by atoms with Gasteiger partial charge in [-0.2, -0.15) is 0 Å². The van der Waals surface area contributed by atoms with Crippen LogP contribution in [0.25, 0.3) is 0 Å². The highest BCUT2D eigenvalue weighted by molar-refractivity contribution is 6.30. The van der Waals surface area contributed by atoms with Crippen LogP contribution in [-0.2, 0) is 24.8 Å². The summed E-state index contributed by atoms with van der Waals surface area (Å²) >= 11 is 6.03. The summed E-state index contributed by atoms with van der Waals surface area (Å²) in [5, 5.41) is 15.1. The summed E-state index contributed by atoms with van der Waals surface area (Å²) in [6, 6.07) is 5.44. The van der Waals surface area contributed by atoms with E-state index in [-0.39, 0.29) is 36.7 Å². The first-order valence-corrected chi connectivity index (χ1v) is 13.2. The van der Waals surface area contributed by atoms with E-state index < -0.39 is 29.0 Å². The molecule has 2 aliphatic rings. The lowest BCUT2D eigenvalue weighted by atomic mass is 9.66. The van der Waals surface area contributed by atoms with E-state index >= 15 is 0 Å². The lowest BCUT2D eigenvalue weighted by Crippen LogP contribution is -2.64. The highest BCUT2D eigenvalue weighted by Gasteiger charge is 2.50. The van der Waals surface area contributed by atoms with Crippen molar-refractivity contribution in [2.45, 2.75) is 65.6 Å². The first-order valence-electron chi connectivity index (χ1n) is 12.8. The molecular formula is C27H39ClN4O5. The lowest BCUT2D eigenvalue weighted by molar-refractivity contribution is -0.157. The minimum Gasteiger partial charge on any atom is -0.384 e. The highest BCUT2D eigenvalue weighted by atomic mass is 35.5. The van der Waals surface area contributed by atoms with Crippen LogP contribution in [0.2, 0.25) is 5.02 Å². The molecule has 0 saturated carbocycles. The Labute approximate surface area is 224 Å². The van der Waals surface area contributed by atoms with Gasteiger partial charge in [-0.1, -0.05) is 51.4 Å². The summed E-state index contributed by atoms with van der Waals surface area (Å²) in [6.45, 7) is 11.7. The van der Waals surface area contributed by atoms with E-state index in [0.717, 1.165) is 5.56 Å². The summed E-state index contributed by atoms with van der Waals surface area (Å²) in [5.41, 5.74) is -1.07. The molecule has 37 heavy (non-hydrogen) atoms. The molecule has 3 atom stereocenters.